The zero-order valence-corrected chi connectivity index (χ0v) is 15.6. The first-order chi connectivity index (χ1) is 11.5. The molecule has 0 spiro atoms. The van der Waals surface area contributed by atoms with Crippen LogP contribution in [0.4, 0.5) is 0 Å². The van der Waals surface area contributed by atoms with Gasteiger partial charge in [-0.2, -0.15) is 0 Å². The molecule has 1 aliphatic rings. The van der Waals surface area contributed by atoms with Crippen molar-refractivity contribution in [2.45, 2.75) is 38.1 Å². The number of nitrogens with zero attached hydrogens (tertiary/aromatic N) is 2. The predicted molar refractivity (Wildman–Crippen MR) is 97.5 cm³/mol. The number of hydrogen-bond acceptors (Lipinski definition) is 3. The van der Waals surface area contributed by atoms with Crippen molar-refractivity contribution >= 4 is 16.0 Å². The van der Waals surface area contributed by atoms with Gasteiger partial charge in [-0.15, -0.1) is 0 Å². The molecule has 0 unspecified atom stereocenters. The van der Waals surface area contributed by atoms with Crippen LogP contribution < -0.4 is 10.0 Å². The number of nitrogens with one attached hydrogen (secondary N) is 2. The smallest absolute Gasteiger partial charge is 0.240 e. The van der Waals surface area contributed by atoms with E-state index in [0.29, 0.717) is 6.54 Å². The Morgan fingerprint density at radius 3 is 2.67 bits per heavy atom. The standard InChI is InChI=1S/C17H28N4O2S/c1-4-19-17(21-10-8-14(2)9-11-21)20-13-15-6-5-7-16(12-15)24(22,23)18-3/h5-7,12,14,18H,4,8-11,13H2,1-3H3,(H,19,20). The third-order valence-corrected chi connectivity index (χ3v) is 5.72. The molecule has 0 saturated carbocycles. The number of aliphatic imine (C=N–C) groups is 1. The van der Waals surface area contributed by atoms with E-state index >= 15 is 0 Å². The van der Waals surface area contributed by atoms with Crippen LogP contribution in [0.3, 0.4) is 0 Å². The molecule has 6 nitrogen and oxygen atoms in total. The summed E-state index contributed by atoms with van der Waals surface area (Å²) in [5.41, 5.74) is 0.882. The zero-order valence-electron chi connectivity index (χ0n) is 14.7. The summed E-state index contributed by atoms with van der Waals surface area (Å²) in [6.07, 6.45) is 2.36. The predicted octanol–water partition coefficient (Wildman–Crippen LogP) is 1.79. The average Bonchev–Trinajstić information content (AvgIpc) is 2.59. The van der Waals surface area contributed by atoms with Gasteiger partial charge in [-0.25, -0.2) is 18.1 Å². The minimum atomic E-state index is -3.42. The molecule has 2 rings (SSSR count). The first-order valence-electron chi connectivity index (χ1n) is 8.52. The second-order valence-electron chi connectivity index (χ2n) is 6.19. The first-order valence-corrected chi connectivity index (χ1v) is 10.0. The minimum Gasteiger partial charge on any atom is -0.357 e. The Hall–Kier alpha value is -1.60. The second kappa shape index (κ2) is 8.48. The molecule has 0 radical (unpaired) electrons. The largest absolute Gasteiger partial charge is 0.357 e. The van der Waals surface area contributed by atoms with Gasteiger partial charge in [0, 0.05) is 19.6 Å². The lowest BCUT2D eigenvalue weighted by Gasteiger charge is -2.33. The van der Waals surface area contributed by atoms with Gasteiger partial charge >= 0.3 is 0 Å². The number of likely N-dealkylation sites (tertiary alicyclic amines) is 1. The monoisotopic (exact) mass is 352 g/mol. The van der Waals surface area contributed by atoms with Crippen LogP contribution in [0, 0.1) is 5.92 Å². The highest BCUT2D eigenvalue weighted by Gasteiger charge is 2.18. The molecule has 1 aliphatic heterocycles. The quantitative estimate of drug-likeness (QED) is 0.626. The van der Waals surface area contributed by atoms with Gasteiger partial charge < -0.3 is 10.2 Å². The lowest BCUT2D eigenvalue weighted by Crippen LogP contribution is -2.45. The molecule has 1 aromatic carbocycles. The summed E-state index contributed by atoms with van der Waals surface area (Å²) in [5, 5.41) is 3.34. The van der Waals surface area contributed by atoms with Crippen LogP contribution in [-0.2, 0) is 16.6 Å². The fourth-order valence-corrected chi connectivity index (χ4v) is 3.54. The van der Waals surface area contributed by atoms with Gasteiger partial charge in [-0.3, -0.25) is 0 Å². The summed E-state index contributed by atoms with van der Waals surface area (Å²) in [4.78, 5) is 7.26. The summed E-state index contributed by atoms with van der Waals surface area (Å²) in [5.74, 6) is 1.68. The Labute approximate surface area is 145 Å². The number of guanidine groups is 1. The highest BCUT2D eigenvalue weighted by molar-refractivity contribution is 7.89. The summed E-state index contributed by atoms with van der Waals surface area (Å²) in [6, 6.07) is 6.93. The van der Waals surface area contributed by atoms with Crippen molar-refractivity contribution in [3.8, 4) is 0 Å². The minimum absolute atomic E-state index is 0.273. The molecule has 7 heteroatoms. The van der Waals surface area contributed by atoms with Crippen molar-refractivity contribution in [2.75, 3.05) is 26.7 Å². The summed E-state index contributed by atoms with van der Waals surface area (Å²) in [6.45, 7) is 7.65. The molecule has 0 aliphatic carbocycles. The van der Waals surface area contributed by atoms with Crippen molar-refractivity contribution in [1.82, 2.24) is 14.9 Å². The fourth-order valence-electron chi connectivity index (χ4n) is 2.74. The SMILES string of the molecule is CCNC(=NCc1cccc(S(=O)(=O)NC)c1)N1CCC(C)CC1. The highest BCUT2D eigenvalue weighted by atomic mass is 32.2. The lowest BCUT2D eigenvalue weighted by molar-refractivity contribution is 0.273. The van der Waals surface area contributed by atoms with E-state index in [4.69, 9.17) is 4.99 Å². The van der Waals surface area contributed by atoms with Crippen molar-refractivity contribution in [3.05, 3.63) is 29.8 Å². The van der Waals surface area contributed by atoms with Gasteiger partial charge in [-0.05, 0) is 50.4 Å². The Bertz CT molecular complexity index is 665. The van der Waals surface area contributed by atoms with Crippen LogP contribution in [0.2, 0.25) is 0 Å². The van der Waals surface area contributed by atoms with E-state index in [-0.39, 0.29) is 4.90 Å². The van der Waals surface area contributed by atoms with E-state index < -0.39 is 10.0 Å². The maximum atomic E-state index is 11.9. The molecular formula is C17H28N4O2S. The number of benzene rings is 1. The Morgan fingerprint density at radius 2 is 2.04 bits per heavy atom. The molecule has 0 amide bonds. The third-order valence-electron chi connectivity index (χ3n) is 4.31. The molecule has 0 atom stereocenters. The average molecular weight is 353 g/mol. The highest BCUT2D eigenvalue weighted by Crippen LogP contribution is 2.17. The van der Waals surface area contributed by atoms with Crippen LogP contribution >= 0.6 is 0 Å². The zero-order chi connectivity index (χ0) is 17.6. The van der Waals surface area contributed by atoms with Gasteiger partial charge in [0.05, 0.1) is 11.4 Å². The maximum Gasteiger partial charge on any atom is 0.240 e. The van der Waals surface area contributed by atoms with E-state index in [1.54, 1.807) is 18.2 Å². The normalized spacial score (nSPS) is 17.1. The van der Waals surface area contributed by atoms with Crippen molar-refractivity contribution in [1.29, 1.82) is 0 Å². The molecule has 134 valence electrons. The van der Waals surface area contributed by atoms with Crippen LogP contribution in [0.5, 0.6) is 0 Å². The Kier molecular flexibility index (Phi) is 6.62. The van der Waals surface area contributed by atoms with Gasteiger partial charge in [0.25, 0.3) is 0 Å². The molecule has 0 aromatic heterocycles. The lowest BCUT2D eigenvalue weighted by atomic mass is 10.00. The molecule has 1 saturated heterocycles. The molecule has 1 aromatic rings. The second-order valence-corrected chi connectivity index (χ2v) is 8.08. The van der Waals surface area contributed by atoms with Gasteiger partial charge in [0.15, 0.2) is 5.96 Å². The molecular weight excluding hydrogens is 324 g/mol. The fraction of sp³-hybridized carbons (Fsp3) is 0.588. The van der Waals surface area contributed by atoms with E-state index in [9.17, 15) is 8.42 Å². The van der Waals surface area contributed by atoms with E-state index in [2.05, 4.69) is 28.8 Å². The maximum absolute atomic E-state index is 11.9. The molecule has 2 N–H and O–H groups in total. The van der Waals surface area contributed by atoms with Crippen LogP contribution in [0.25, 0.3) is 0 Å². The van der Waals surface area contributed by atoms with Crippen molar-refractivity contribution in [3.63, 3.8) is 0 Å². The molecule has 24 heavy (non-hydrogen) atoms. The Balaban J connectivity index is 2.13. The van der Waals surface area contributed by atoms with E-state index in [1.807, 2.05) is 6.07 Å². The summed E-state index contributed by atoms with van der Waals surface area (Å²) >= 11 is 0. The summed E-state index contributed by atoms with van der Waals surface area (Å²) in [7, 11) is -2.00. The number of piperidine rings is 1. The first kappa shape index (κ1) is 18.7. The van der Waals surface area contributed by atoms with Crippen LogP contribution in [0.1, 0.15) is 32.3 Å². The number of hydrogen-bond donors (Lipinski definition) is 2. The van der Waals surface area contributed by atoms with Gasteiger partial charge in [-0.1, -0.05) is 19.1 Å². The third kappa shape index (κ3) is 4.95. The molecule has 1 heterocycles. The topological polar surface area (TPSA) is 73.8 Å². The molecule has 0 bridgehead atoms. The van der Waals surface area contributed by atoms with Gasteiger partial charge in [0.2, 0.25) is 10.0 Å². The van der Waals surface area contributed by atoms with Crippen molar-refractivity contribution < 1.29 is 8.42 Å². The van der Waals surface area contributed by atoms with Crippen molar-refractivity contribution in [2.24, 2.45) is 10.9 Å². The van der Waals surface area contributed by atoms with Crippen LogP contribution in [0.15, 0.2) is 34.2 Å². The molecule has 1 fully saturated rings. The number of rotatable bonds is 5. The van der Waals surface area contributed by atoms with Crippen LogP contribution in [-0.4, -0.2) is 46.0 Å². The van der Waals surface area contributed by atoms with E-state index in [1.165, 1.54) is 19.9 Å². The van der Waals surface area contributed by atoms with Gasteiger partial charge in [0.1, 0.15) is 0 Å². The van der Waals surface area contributed by atoms with E-state index in [0.717, 1.165) is 37.1 Å². The summed E-state index contributed by atoms with van der Waals surface area (Å²) < 4.78 is 26.2. The number of sulfonamides is 1. The Morgan fingerprint density at radius 1 is 1.33 bits per heavy atom.